The zero-order chi connectivity index (χ0) is 18.4. The molecule has 4 rings (SSSR count). The number of rotatable bonds is 2. The lowest BCUT2D eigenvalue weighted by Crippen LogP contribution is -2.39. The van der Waals surface area contributed by atoms with Crippen LogP contribution in [0.15, 0.2) is 18.5 Å². The third kappa shape index (κ3) is 2.77. The van der Waals surface area contributed by atoms with Crippen molar-refractivity contribution in [1.82, 2.24) is 19.6 Å². The Bertz CT molecular complexity index is 972. The van der Waals surface area contributed by atoms with Gasteiger partial charge in [-0.3, -0.25) is 0 Å². The summed E-state index contributed by atoms with van der Waals surface area (Å²) in [5, 5.41) is 13.9. The second-order valence-electron chi connectivity index (χ2n) is 6.06. The maximum absolute atomic E-state index is 14.4. The van der Waals surface area contributed by atoms with Crippen molar-refractivity contribution in [2.75, 3.05) is 18.0 Å². The molecule has 136 valence electrons. The molecule has 3 aromatic rings. The fraction of sp³-hybridized carbons (Fsp3) is 0.312. The summed E-state index contributed by atoms with van der Waals surface area (Å²) in [7, 11) is 0. The molecular weight excluding hydrogens is 371 g/mol. The van der Waals surface area contributed by atoms with E-state index in [-0.39, 0.29) is 28.9 Å². The minimum Gasteiger partial charge on any atom is -0.391 e. The van der Waals surface area contributed by atoms with E-state index in [0.29, 0.717) is 31.5 Å². The van der Waals surface area contributed by atoms with Gasteiger partial charge in [-0.05, 0) is 12.8 Å². The lowest BCUT2D eigenvalue weighted by molar-refractivity contribution is 0.153. The molecule has 0 amide bonds. The van der Waals surface area contributed by atoms with Crippen LogP contribution in [0.4, 0.5) is 19.0 Å². The van der Waals surface area contributed by atoms with Crippen LogP contribution in [-0.2, 0) is 0 Å². The highest BCUT2D eigenvalue weighted by molar-refractivity contribution is 6.33. The molecule has 1 fully saturated rings. The molecule has 0 aliphatic carbocycles. The van der Waals surface area contributed by atoms with Gasteiger partial charge in [-0.15, -0.1) is 0 Å². The van der Waals surface area contributed by atoms with Crippen molar-refractivity contribution in [3.63, 3.8) is 0 Å². The molecule has 0 spiro atoms. The summed E-state index contributed by atoms with van der Waals surface area (Å²) in [6.07, 6.45) is 1.92. The molecule has 1 unspecified atom stereocenters. The average Bonchev–Trinajstić information content (AvgIpc) is 3.01. The second kappa shape index (κ2) is 6.40. The van der Waals surface area contributed by atoms with Crippen molar-refractivity contribution in [2.45, 2.75) is 18.9 Å². The Labute approximate surface area is 150 Å². The number of fused-ring (bicyclic) bond motifs is 1. The summed E-state index contributed by atoms with van der Waals surface area (Å²) >= 11 is 6.23. The Kier molecular flexibility index (Phi) is 4.20. The normalized spacial score (nSPS) is 17.9. The highest BCUT2D eigenvalue weighted by Crippen LogP contribution is 2.40. The first-order valence-corrected chi connectivity index (χ1v) is 8.30. The molecule has 0 bridgehead atoms. The summed E-state index contributed by atoms with van der Waals surface area (Å²) in [5.74, 6) is -2.85. The molecule has 1 atom stereocenters. The number of aromatic nitrogens is 4. The third-order valence-electron chi connectivity index (χ3n) is 4.31. The molecule has 1 N–H and O–H groups in total. The van der Waals surface area contributed by atoms with Crippen LogP contribution in [0.25, 0.3) is 16.9 Å². The van der Waals surface area contributed by atoms with Crippen molar-refractivity contribution >= 4 is 23.2 Å². The Morgan fingerprint density at radius 2 is 1.88 bits per heavy atom. The monoisotopic (exact) mass is 383 g/mol. The van der Waals surface area contributed by atoms with Gasteiger partial charge in [0.1, 0.15) is 34.7 Å². The van der Waals surface area contributed by atoms with Gasteiger partial charge in [-0.2, -0.15) is 19.6 Å². The van der Waals surface area contributed by atoms with E-state index in [9.17, 15) is 18.3 Å². The SMILES string of the molecule is OC1CCCN(c2c(-c3c(F)cc(F)cc3F)c(Cl)nc3ncnn23)C1. The maximum Gasteiger partial charge on any atom is 0.255 e. The first kappa shape index (κ1) is 17.0. The summed E-state index contributed by atoms with van der Waals surface area (Å²) in [4.78, 5) is 9.72. The number of piperidine rings is 1. The molecule has 3 heterocycles. The van der Waals surface area contributed by atoms with E-state index >= 15 is 0 Å². The summed E-state index contributed by atoms with van der Waals surface area (Å²) in [6.45, 7) is 0.747. The number of anilines is 1. The topological polar surface area (TPSA) is 66.5 Å². The summed E-state index contributed by atoms with van der Waals surface area (Å²) in [6, 6.07) is 1.16. The molecular formula is C16H13ClF3N5O. The number of halogens is 4. The van der Waals surface area contributed by atoms with E-state index in [4.69, 9.17) is 11.6 Å². The van der Waals surface area contributed by atoms with E-state index in [1.807, 2.05) is 0 Å². The smallest absolute Gasteiger partial charge is 0.255 e. The predicted octanol–water partition coefficient (Wildman–Crippen LogP) is 2.82. The molecule has 0 radical (unpaired) electrons. The van der Waals surface area contributed by atoms with Gasteiger partial charge in [0.2, 0.25) is 0 Å². The van der Waals surface area contributed by atoms with Crippen molar-refractivity contribution in [3.8, 4) is 11.1 Å². The number of β-amino-alcohol motifs (C(OH)–C–C–N with tert-alkyl or cyclic N) is 1. The van der Waals surface area contributed by atoms with E-state index < -0.39 is 29.1 Å². The Hall–Kier alpha value is -2.39. The standard InChI is InChI=1S/C16H13ClF3N5O/c17-14-13(12-10(19)4-8(18)5-11(12)20)15(24-3-1-2-9(26)6-24)25-16(23-14)21-7-22-25/h4-5,7,9,26H,1-3,6H2. The van der Waals surface area contributed by atoms with Gasteiger partial charge in [0.25, 0.3) is 5.78 Å². The van der Waals surface area contributed by atoms with Crippen LogP contribution in [0.5, 0.6) is 0 Å². The van der Waals surface area contributed by atoms with Crippen LogP contribution in [0.2, 0.25) is 5.15 Å². The summed E-state index contributed by atoms with van der Waals surface area (Å²) in [5.41, 5.74) is -0.565. The quantitative estimate of drug-likeness (QED) is 0.689. The third-order valence-corrected chi connectivity index (χ3v) is 4.58. The molecule has 10 heteroatoms. The van der Waals surface area contributed by atoms with Crippen molar-refractivity contribution in [1.29, 1.82) is 0 Å². The van der Waals surface area contributed by atoms with Gasteiger partial charge < -0.3 is 10.0 Å². The van der Waals surface area contributed by atoms with E-state index in [0.717, 1.165) is 0 Å². The van der Waals surface area contributed by atoms with Gasteiger partial charge in [0, 0.05) is 25.2 Å². The Balaban J connectivity index is 2.03. The molecule has 6 nitrogen and oxygen atoms in total. The highest BCUT2D eigenvalue weighted by atomic mass is 35.5. The van der Waals surface area contributed by atoms with Gasteiger partial charge in [-0.25, -0.2) is 13.2 Å². The van der Waals surface area contributed by atoms with Crippen LogP contribution in [0.3, 0.4) is 0 Å². The van der Waals surface area contributed by atoms with Crippen molar-refractivity contribution in [3.05, 3.63) is 41.1 Å². The van der Waals surface area contributed by atoms with E-state index in [1.165, 1.54) is 10.8 Å². The molecule has 2 aromatic heterocycles. The second-order valence-corrected chi connectivity index (χ2v) is 6.42. The lowest BCUT2D eigenvalue weighted by atomic mass is 10.0. The zero-order valence-corrected chi connectivity index (χ0v) is 14.1. The van der Waals surface area contributed by atoms with E-state index in [1.54, 1.807) is 4.90 Å². The predicted molar refractivity (Wildman–Crippen MR) is 88.6 cm³/mol. The molecule has 1 aliphatic rings. The van der Waals surface area contributed by atoms with Gasteiger partial charge in [-0.1, -0.05) is 11.6 Å². The van der Waals surface area contributed by atoms with Crippen LogP contribution in [0, 0.1) is 17.5 Å². The minimum absolute atomic E-state index is 0.0613. The van der Waals surface area contributed by atoms with Crippen LogP contribution in [-0.4, -0.2) is 43.9 Å². The Morgan fingerprint density at radius 1 is 1.15 bits per heavy atom. The molecule has 1 aromatic carbocycles. The minimum atomic E-state index is -1.11. The Morgan fingerprint density at radius 3 is 2.58 bits per heavy atom. The lowest BCUT2D eigenvalue weighted by Gasteiger charge is -2.33. The molecule has 1 saturated heterocycles. The van der Waals surface area contributed by atoms with Gasteiger partial charge in [0.05, 0.1) is 17.2 Å². The fourth-order valence-electron chi connectivity index (χ4n) is 3.24. The fourth-order valence-corrected chi connectivity index (χ4v) is 3.49. The van der Waals surface area contributed by atoms with Gasteiger partial charge >= 0.3 is 0 Å². The molecule has 0 saturated carbocycles. The number of nitrogens with zero attached hydrogens (tertiary/aromatic N) is 5. The zero-order valence-electron chi connectivity index (χ0n) is 13.3. The number of hydrogen-bond acceptors (Lipinski definition) is 5. The number of aliphatic hydroxyl groups is 1. The van der Waals surface area contributed by atoms with Crippen LogP contribution >= 0.6 is 11.6 Å². The average molecular weight is 384 g/mol. The highest BCUT2D eigenvalue weighted by Gasteiger charge is 2.29. The largest absolute Gasteiger partial charge is 0.391 e. The number of hydrogen-bond donors (Lipinski definition) is 1. The van der Waals surface area contributed by atoms with Gasteiger partial charge in [0.15, 0.2) is 0 Å². The van der Waals surface area contributed by atoms with E-state index in [2.05, 4.69) is 15.1 Å². The number of aliphatic hydroxyl groups excluding tert-OH is 1. The van der Waals surface area contributed by atoms with Crippen LogP contribution < -0.4 is 4.90 Å². The maximum atomic E-state index is 14.4. The number of benzene rings is 1. The molecule has 26 heavy (non-hydrogen) atoms. The van der Waals surface area contributed by atoms with Crippen molar-refractivity contribution < 1.29 is 18.3 Å². The van der Waals surface area contributed by atoms with Crippen molar-refractivity contribution in [2.24, 2.45) is 0 Å². The summed E-state index contributed by atoms with van der Waals surface area (Å²) < 4.78 is 43.5. The van der Waals surface area contributed by atoms with Crippen LogP contribution in [0.1, 0.15) is 12.8 Å². The molecule has 1 aliphatic heterocycles. The first-order valence-electron chi connectivity index (χ1n) is 7.93. The first-order chi connectivity index (χ1) is 12.5.